The summed E-state index contributed by atoms with van der Waals surface area (Å²) in [5.74, 6) is 1.32. The molecule has 2 aliphatic rings. The third-order valence-corrected chi connectivity index (χ3v) is 4.69. The molecule has 1 N–H and O–H groups in total. The Morgan fingerprint density at radius 3 is 3.00 bits per heavy atom. The molecule has 0 aromatic heterocycles. The summed E-state index contributed by atoms with van der Waals surface area (Å²) < 4.78 is 10.6. The lowest BCUT2D eigenvalue weighted by molar-refractivity contribution is 0.0519. The molecule has 1 saturated carbocycles. The summed E-state index contributed by atoms with van der Waals surface area (Å²) in [5, 5.41) is 3.05. The number of ether oxygens (including phenoxy) is 2. The number of hydrogen-bond acceptors (Lipinski definition) is 3. The van der Waals surface area contributed by atoms with Crippen LogP contribution in [0.1, 0.15) is 29.6 Å². The maximum atomic E-state index is 12.1. The van der Waals surface area contributed by atoms with E-state index in [0.29, 0.717) is 22.6 Å². The van der Waals surface area contributed by atoms with Crippen LogP contribution in [0.15, 0.2) is 24.3 Å². The second-order valence-electron chi connectivity index (χ2n) is 5.82. The van der Waals surface area contributed by atoms with Crippen LogP contribution in [0.3, 0.4) is 0 Å². The predicted octanol–water partition coefficient (Wildman–Crippen LogP) is 2.24. The highest BCUT2D eigenvalue weighted by Gasteiger charge is 2.53. The van der Waals surface area contributed by atoms with Gasteiger partial charge in [0.05, 0.1) is 7.11 Å². The van der Waals surface area contributed by atoms with Crippen LogP contribution in [-0.2, 0) is 4.74 Å². The lowest BCUT2D eigenvalue weighted by atomic mass is 9.94. The summed E-state index contributed by atoms with van der Waals surface area (Å²) in [6, 6.07) is 7.26. The summed E-state index contributed by atoms with van der Waals surface area (Å²) >= 11 is 0. The van der Waals surface area contributed by atoms with E-state index in [4.69, 9.17) is 9.47 Å². The van der Waals surface area contributed by atoms with Gasteiger partial charge in [0.25, 0.3) is 5.91 Å². The van der Waals surface area contributed by atoms with E-state index in [9.17, 15) is 4.79 Å². The first-order valence-electron chi connectivity index (χ1n) is 7.23. The predicted molar refractivity (Wildman–Crippen MR) is 75.9 cm³/mol. The van der Waals surface area contributed by atoms with E-state index < -0.39 is 0 Å². The van der Waals surface area contributed by atoms with Crippen LogP contribution in [0.25, 0.3) is 0 Å². The Balaban J connectivity index is 1.52. The minimum absolute atomic E-state index is 0.0157. The average molecular weight is 275 g/mol. The van der Waals surface area contributed by atoms with Gasteiger partial charge in [-0.15, -0.1) is 0 Å². The molecule has 1 atom stereocenters. The summed E-state index contributed by atoms with van der Waals surface area (Å²) in [4.78, 5) is 12.1. The number of methoxy groups -OCH3 is 1. The Bertz CT molecular complexity index is 494. The van der Waals surface area contributed by atoms with Crippen molar-refractivity contribution in [3.8, 4) is 5.75 Å². The van der Waals surface area contributed by atoms with Gasteiger partial charge in [-0.1, -0.05) is 6.07 Å². The topological polar surface area (TPSA) is 47.6 Å². The molecule has 0 radical (unpaired) electrons. The van der Waals surface area contributed by atoms with Crippen molar-refractivity contribution in [2.75, 3.05) is 26.9 Å². The largest absolute Gasteiger partial charge is 0.497 e. The SMILES string of the molecule is COc1cccc(C(=O)NC[C@H]2CC23CCOCC3)c1. The van der Waals surface area contributed by atoms with Gasteiger partial charge in [0.1, 0.15) is 5.75 Å². The molecule has 1 amide bonds. The molecule has 1 aromatic rings. The van der Waals surface area contributed by atoms with E-state index in [1.807, 2.05) is 18.2 Å². The van der Waals surface area contributed by atoms with Crippen LogP contribution >= 0.6 is 0 Å². The molecule has 1 heterocycles. The van der Waals surface area contributed by atoms with Gasteiger partial charge < -0.3 is 14.8 Å². The van der Waals surface area contributed by atoms with Crippen LogP contribution in [-0.4, -0.2) is 32.8 Å². The van der Waals surface area contributed by atoms with E-state index in [-0.39, 0.29) is 5.91 Å². The average Bonchev–Trinajstić information content (AvgIpc) is 3.17. The fraction of sp³-hybridized carbons (Fsp3) is 0.562. The van der Waals surface area contributed by atoms with Gasteiger partial charge in [0.2, 0.25) is 0 Å². The summed E-state index contributed by atoms with van der Waals surface area (Å²) in [7, 11) is 1.61. The lowest BCUT2D eigenvalue weighted by Gasteiger charge is -2.23. The smallest absolute Gasteiger partial charge is 0.251 e. The molecule has 4 nitrogen and oxygen atoms in total. The lowest BCUT2D eigenvalue weighted by Crippen LogP contribution is -2.28. The van der Waals surface area contributed by atoms with Crippen molar-refractivity contribution < 1.29 is 14.3 Å². The summed E-state index contributed by atoms with van der Waals surface area (Å²) in [6.07, 6.45) is 3.52. The van der Waals surface area contributed by atoms with Gasteiger partial charge in [-0.2, -0.15) is 0 Å². The number of nitrogens with one attached hydrogen (secondary N) is 1. The first-order valence-corrected chi connectivity index (χ1v) is 7.23. The maximum absolute atomic E-state index is 12.1. The van der Waals surface area contributed by atoms with E-state index in [2.05, 4.69) is 5.32 Å². The Kier molecular flexibility index (Phi) is 3.66. The highest BCUT2D eigenvalue weighted by atomic mass is 16.5. The summed E-state index contributed by atoms with van der Waals surface area (Å²) in [6.45, 7) is 2.52. The number of benzene rings is 1. The summed E-state index contributed by atoms with van der Waals surface area (Å²) in [5.41, 5.74) is 1.12. The maximum Gasteiger partial charge on any atom is 0.251 e. The molecule has 4 heteroatoms. The Labute approximate surface area is 119 Å². The molecule has 0 bridgehead atoms. The monoisotopic (exact) mass is 275 g/mol. The molecule has 3 rings (SSSR count). The van der Waals surface area contributed by atoms with Gasteiger partial charge >= 0.3 is 0 Å². The van der Waals surface area contributed by atoms with Crippen molar-refractivity contribution in [2.24, 2.45) is 11.3 Å². The first-order chi connectivity index (χ1) is 9.73. The molecule has 20 heavy (non-hydrogen) atoms. The second-order valence-corrected chi connectivity index (χ2v) is 5.82. The van der Waals surface area contributed by atoms with E-state index in [0.717, 1.165) is 32.6 Å². The molecular formula is C16H21NO3. The van der Waals surface area contributed by atoms with Gasteiger partial charge in [0.15, 0.2) is 0 Å². The Hall–Kier alpha value is -1.55. The van der Waals surface area contributed by atoms with Crippen LogP contribution in [0.5, 0.6) is 5.75 Å². The molecule has 108 valence electrons. The highest BCUT2D eigenvalue weighted by Crippen LogP contribution is 2.58. The number of rotatable bonds is 4. The Morgan fingerprint density at radius 1 is 1.45 bits per heavy atom. The molecular weight excluding hydrogens is 254 g/mol. The van der Waals surface area contributed by atoms with Gasteiger partial charge in [0, 0.05) is 25.3 Å². The third kappa shape index (κ3) is 2.66. The van der Waals surface area contributed by atoms with Crippen molar-refractivity contribution in [1.29, 1.82) is 0 Å². The highest BCUT2D eigenvalue weighted by molar-refractivity contribution is 5.94. The molecule has 1 aliphatic carbocycles. The van der Waals surface area contributed by atoms with Crippen molar-refractivity contribution >= 4 is 5.91 Å². The second kappa shape index (κ2) is 5.44. The van der Waals surface area contributed by atoms with Crippen molar-refractivity contribution in [3.63, 3.8) is 0 Å². The van der Waals surface area contributed by atoms with E-state index in [1.54, 1.807) is 13.2 Å². The number of hydrogen-bond donors (Lipinski definition) is 1. The zero-order valence-electron chi connectivity index (χ0n) is 11.9. The normalized spacial score (nSPS) is 23.4. The number of carbonyl (C=O) groups excluding carboxylic acids is 1. The van der Waals surface area contributed by atoms with Crippen molar-refractivity contribution in [3.05, 3.63) is 29.8 Å². The molecule has 1 spiro atoms. The van der Waals surface area contributed by atoms with Crippen molar-refractivity contribution in [2.45, 2.75) is 19.3 Å². The Morgan fingerprint density at radius 2 is 2.25 bits per heavy atom. The number of amides is 1. The first kappa shape index (κ1) is 13.4. The zero-order chi connectivity index (χ0) is 14.0. The molecule has 2 fully saturated rings. The molecule has 1 saturated heterocycles. The molecule has 1 aliphatic heterocycles. The van der Waals surface area contributed by atoms with Crippen LogP contribution in [0, 0.1) is 11.3 Å². The fourth-order valence-electron chi connectivity index (χ4n) is 3.19. The zero-order valence-corrected chi connectivity index (χ0v) is 11.9. The minimum atomic E-state index is -0.0157. The van der Waals surface area contributed by atoms with Crippen molar-refractivity contribution in [1.82, 2.24) is 5.32 Å². The number of carbonyl (C=O) groups is 1. The standard InChI is InChI=1S/C16H21NO3/c1-19-14-4-2-3-12(9-14)15(18)17-11-13-10-16(13)5-7-20-8-6-16/h2-4,9,13H,5-8,10-11H2,1H3,(H,17,18)/t13-/m1/s1. The fourth-order valence-corrected chi connectivity index (χ4v) is 3.19. The van der Waals surface area contributed by atoms with Gasteiger partial charge in [-0.25, -0.2) is 0 Å². The molecule has 1 aromatic carbocycles. The quantitative estimate of drug-likeness (QED) is 0.916. The van der Waals surface area contributed by atoms with Crippen LogP contribution in [0.4, 0.5) is 0 Å². The van der Waals surface area contributed by atoms with Crippen LogP contribution < -0.4 is 10.1 Å². The van der Waals surface area contributed by atoms with E-state index in [1.165, 1.54) is 6.42 Å². The third-order valence-electron chi connectivity index (χ3n) is 4.69. The van der Waals surface area contributed by atoms with Crippen LogP contribution in [0.2, 0.25) is 0 Å². The van der Waals surface area contributed by atoms with Gasteiger partial charge in [-0.05, 0) is 48.8 Å². The van der Waals surface area contributed by atoms with Gasteiger partial charge in [-0.3, -0.25) is 4.79 Å². The molecule has 0 unspecified atom stereocenters. The minimum Gasteiger partial charge on any atom is -0.497 e. The van der Waals surface area contributed by atoms with E-state index >= 15 is 0 Å².